The number of aryl methyl sites for hydroxylation is 1. The number of nitrogens with two attached hydrogens (primary N) is 1. The maximum atomic E-state index is 14.4. The molecule has 0 atom stereocenters. The van der Waals surface area contributed by atoms with Crippen molar-refractivity contribution in [2.75, 3.05) is 11.6 Å². The number of nitrogens with one attached hydrogen (secondary N) is 2. The monoisotopic (exact) mass is 647 g/mol. The van der Waals surface area contributed by atoms with Crippen molar-refractivity contribution < 1.29 is 36.2 Å². The number of primary sulfonamides is 1. The van der Waals surface area contributed by atoms with Crippen LogP contribution < -0.4 is 20.1 Å². The molecule has 9 nitrogen and oxygen atoms in total. The number of hydrogen-bond acceptors (Lipinski definition) is 7. The number of thiophene rings is 1. The molecule has 0 unspecified atom stereocenters. The topological polar surface area (TPSA) is 131 Å². The molecule has 4 aromatic rings. The van der Waals surface area contributed by atoms with Gasteiger partial charge in [0.15, 0.2) is 0 Å². The molecule has 0 bridgehead atoms. The van der Waals surface area contributed by atoms with Crippen molar-refractivity contribution in [2.24, 2.45) is 0 Å². The van der Waals surface area contributed by atoms with Crippen LogP contribution >= 0.6 is 22.9 Å². The summed E-state index contributed by atoms with van der Waals surface area (Å²) in [5.74, 6) is -2.07. The van der Waals surface area contributed by atoms with Crippen molar-refractivity contribution in [3.05, 3.63) is 91.8 Å². The molecular formula is C29H26ClF2N4O5S2+. The molecule has 0 aliphatic carbocycles. The first-order chi connectivity index (χ1) is 20.1. The van der Waals surface area contributed by atoms with E-state index in [2.05, 4.69) is 15.6 Å². The quantitative estimate of drug-likeness (QED) is 0.230. The van der Waals surface area contributed by atoms with Gasteiger partial charge in [-0.05, 0) is 56.2 Å². The van der Waals surface area contributed by atoms with Crippen molar-refractivity contribution in [1.29, 1.82) is 0 Å². The first kappa shape index (κ1) is 30.5. The first-order valence-corrected chi connectivity index (χ1v) is 16.0. The van der Waals surface area contributed by atoms with Gasteiger partial charge in [-0.25, -0.2) is 18.5 Å². The molecule has 2 aromatic heterocycles. The van der Waals surface area contributed by atoms with Crippen LogP contribution in [-0.2, 0) is 22.2 Å². The van der Waals surface area contributed by atoms with Gasteiger partial charge in [0.1, 0.15) is 35.4 Å². The van der Waals surface area contributed by atoms with Crippen molar-refractivity contribution >= 4 is 56.2 Å². The number of anilines is 1. The van der Waals surface area contributed by atoms with Crippen LogP contribution in [0.1, 0.15) is 49.9 Å². The van der Waals surface area contributed by atoms with E-state index in [9.17, 15) is 26.8 Å². The van der Waals surface area contributed by atoms with Crippen LogP contribution in [0.2, 0.25) is 5.02 Å². The number of rotatable bonds is 8. The number of carbonyl (C=O) groups is 2. The molecule has 4 N–H and O–H groups in total. The third-order valence-corrected chi connectivity index (χ3v) is 8.58. The summed E-state index contributed by atoms with van der Waals surface area (Å²) in [4.78, 5) is 30.8. The van der Waals surface area contributed by atoms with E-state index in [-0.39, 0.29) is 28.6 Å². The van der Waals surface area contributed by atoms with E-state index in [1.165, 1.54) is 41.7 Å². The summed E-state index contributed by atoms with van der Waals surface area (Å²) in [7, 11) is -3.44. The summed E-state index contributed by atoms with van der Waals surface area (Å²) in [5, 5.41) is 5.78. The van der Waals surface area contributed by atoms with Gasteiger partial charge < -0.3 is 15.4 Å². The average molecular weight is 648 g/mol. The maximum absolute atomic E-state index is 14.4. The van der Waals surface area contributed by atoms with Crippen molar-refractivity contribution in [2.45, 2.75) is 32.9 Å². The fourth-order valence-corrected chi connectivity index (χ4v) is 6.81. The molecule has 224 valence electrons. The van der Waals surface area contributed by atoms with E-state index < -0.39 is 39.0 Å². The minimum Gasteiger partial charge on any atom is -0.486 e. The van der Waals surface area contributed by atoms with Gasteiger partial charge >= 0.3 is 0 Å². The SMILES string of the molecule is Cc1sc(C(=O)Nc2cc(Cl)cc([NH2+]S(C)(=O)=O)c2)cc1-c1ncc(F)cc1OCc1cc(F)cc2c1C(C)(C)NC2=O. The fraction of sp³-hybridized carbons (Fsp3) is 0.207. The zero-order chi connectivity index (χ0) is 31.3. The van der Waals surface area contributed by atoms with Gasteiger partial charge in [0, 0.05) is 44.9 Å². The molecule has 0 saturated carbocycles. The van der Waals surface area contributed by atoms with E-state index >= 15 is 0 Å². The lowest BCUT2D eigenvalue weighted by molar-refractivity contribution is -0.396. The molecule has 0 radical (unpaired) electrons. The van der Waals surface area contributed by atoms with Crippen LogP contribution in [0.5, 0.6) is 5.75 Å². The Hall–Kier alpha value is -3.91. The van der Waals surface area contributed by atoms with Crippen LogP contribution in [0.25, 0.3) is 11.3 Å². The third-order valence-electron chi connectivity index (χ3n) is 6.61. The van der Waals surface area contributed by atoms with Crippen molar-refractivity contribution in [3.63, 3.8) is 0 Å². The number of hydrogen-bond donors (Lipinski definition) is 3. The third kappa shape index (κ3) is 6.69. The standard InChI is InChI=1S/C29H25ClF2N4O5S2/c1-14-21(11-24(42-14)28(38)34-19-6-16(30)7-20(10-19)36-43(4,39)40)26-23(9-18(32)12-33-26)41-13-15-5-17(31)8-22-25(15)29(2,3)35-27(22)37/h5-12,36H,13H2,1-4H3,(H,34,38)(H,35,37)/p+1. The number of ether oxygens (including phenoxy) is 1. The number of fused-ring (bicyclic) bond motifs is 1. The molecular weight excluding hydrogens is 622 g/mol. The summed E-state index contributed by atoms with van der Waals surface area (Å²) in [6.07, 6.45) is 2.07. The van der Waals surface area contributed by atoms with Gasteiger partial charge in [-0.2, -0.15) is 8.42 Å². The largest absolute Gasteiger partial charge is 0.486 e. The zero-order valence-electron chi connectivity index (χ0n) is 23.3. The maximum Gasteiger partial charge on any atom is 0.295 e. The molecule has 0 spiro atoms. The molecule has 14 heteroatoms. The summed E-state index contributed by atoms with van der Waals surface area (Å²) >= 11 is 7.29. The average Bonchev–Trinajstić information content (AvgIpc) is 3.37. The normalized spacial score (nSPS) is 13.9. The summed E-state index contributed by atoms with van der Waals surface area (Å²) < 4.78 is 59.1. The van der Waals surface area contributed by atoms with Gasteiger partial charge in [0.05, 0.1) is 22.9 Å². The predicted octanol–water partition coefficient (Wildman–Crippen LogP) is 5.01. The van der Waals surface area contributed by atoms with E-state index in [1.54, 1.807) is 26.8 Å². The highest BCUT2D eigenvalue weighted by Gasteiger charge is 2.38. The smallest absolute Gasteiger partial charge is 0.295 e. The Labute approximate surface area is 255 Å². The molecule has 43 heavy (non-hydrogen) atoms. The lowest BCUT2D eigenvalue weighted by Crippen LogP contribution is -2.81. The number of quaternary nitrogens is 1. The highest BCUT2D eigenvalue weighted by atomic mass is 35.5. The number of sulfonamides is 1. The second-order valence-electron chi connectivity index (χ2n) is 10.6. The van der Waals surface area contributed by atoms with Crippen molar-refractivity contribution in [1.82, 2.24) is 10.3 Å². The molecule has 2 amide bonds. The number of halogens is 3. The van der Waals surface area contributed by atoms with Gasteiger partial charge in [0.25, 0.3) is 21.8 Å². The summed E-state index contributed by atoms with van der Waals surface area (Å²) in [5.41, 5.74) is 1.85. The Kier molecular flexibility index (Phi) is 8.03. The minimum atomic E-state index is -3.44. The van der Waals surface area contributed by atoms with Gasteiger partial charge in [0.2, 0.25) is 0 Å². The number of pyridine rings is 1. The molecule has 2 aromatic carbocycles. The Bertz CT molecular complexity index is 1910. The van der Waals surface area contributed by atoms with Crippen LogP contribution in [0.15, 0.2) is 48.7 Å². The van der Waals surface area contributed by atoms with E-state index in [1.807, 2.05) is 0 Å². The predicted molar refractivity (Wildman–Crippen MR) is 159 cm³/mol. The molecule has 0 saturated heterocycles. The number of amides is 2. The highest BCUT2D eigenvalue weighted by molar-refractivity contribution is 7.84. The minimum absolute atomic E-state index is 0.0664. The van der Waals surface area contributed by atoms with Crippen LogP contribution in [0.3, 0.4) is 0 Å². The summed E-state index contributed by atoms with van der Waals surface area (Å²) in [6.45, 7) is 5.18. The van der Waals surface area contributed by atoms with Gasteiger partial charge in [-0.1, -0.05) is 11.6 Å². The van der Waals surface area contributed by atoms with Crippen LogP contribution in [0.4, 0.5) is 20.2 Å². The highest BCUT2D eigenvalue weighted by Crippen LogP contribution is 2.38. The first-order valence-electron chi connectivity index (χ1n) is 12.8. The molecule has 5 rings (SSSR count). The second kappa shape index (κ2) is 11.3. The van der Waals surface area contributed by atoms with E-state index in [0.717, 1.165) is 23.2 Å². The second-order valence-corrected chi connectivity index (χ2v) is 14.2. The number of carbonyl (C=O) groups excluding carboxylic acids is 2. The Balaban J connectivity index is 1.42. The fourth-order valence-electron chi connectivity index (χ4n) is 5.02. The van der Waals surface area contributed by atoms with Gasteiger partial charge in [-0.3, -0.25) is 9.59 Å². The number of aromatic nitrogens is 1. The lowest BCUT2D eigenvalue weighted by atomic mass is 9.90. The van der Waals surface area contributed by atoms with Crippen molar-refractivity contribution in [3.8, 4) is 17.0 Å². The molecule has 3 heterocycles. The molecule has 1 aliphatic heterocycles. The van der Waals surface area contributed by atoms with E-state index in [4.69, 9.17) is 16.3 Å². The van der Waals surface area contributed by atoms with Crippen LogP contribution in [0, 0.1) is 18.6 Å². The van der Waals surface area contributed by atoms with Crippen LogP contribution in [-0.4, -0.2) is 31.5 Å². The Morgan fingerprint density at radius 1 is 1.12 bits per heavy atom. The van der Waals surface area contributed by atoms with Gasteiger partial charge in [-0.15, -0.1) is 11.3 Å². The van der Waals surface area contributed by atoms with E-state index in [0.29, 0.717) is 37.8 Å². The summed E-state index contributed by atoms with van der Waals surface area (Å²) in [6, 6.07) is 9.62. The Morgan fingerprint density at radius 3 is 2.58 bits per heavy atom. The molecule has 0 fully saturated rings. The molecule has 1 aliphatic rings. The lowest BCUT2D eigenvalue weighted by Gasteiger charge is -2.22. The Morgan fingerprint density at radius 2 is 1.86 bits per heavy atom. The number of benzene rings is 2. The zero-order valence-corrected chi connectivity index (χ0v) is 25.7. The number of nitrogens with zero attached hydrogens (tertiary/aromatic N) is 1.